The van der Waals surface area contributed by atoms with Crippen molar-refractivity contribution in [2.24, 2.45) is 5.73 Å². The molecule has 1 aromatic heterocycles. The molecule has 0 aliphatic rings. The summed E-state index contributed by atoms with van der Waals surface area (Å²) in [6.45, 7) is 7.28. The van der Waals surface area contributed by atoms with Gasteiger partial charge in [0.2, 0.25) is 5.88 Å². The number of pyridine rings is 1. The van der Waals surface area contributed by atoms with Crippen LogP contribution < -0.4 is 15.2 Å². The van der Waals surface area contributed by atoms with E-state index in [1.54, 1.807) is 0 Å². The van der Waals surface area contributed by atoms with Crippen molar-refractivity contribution in [1.82, 2.24) is 4.98 Å². The minimum absolute atomic E-state index is 0.333. The van der Waals surface area contributed by atoms with Crippen LogP contribution in [0.15, 0.2) is 36.4 Å². The van der Waals surface area contributed by atoms with Crippen LogP contribution in [0.4, 0.5) is 0 Å². The summed E-state index contributed by atoms with van der Waals surface area (Å²) in [6, 6.07) is 11.4. The minimum atomic E-state index is 0.333. The molecule has 0 aliphatic carbocycles. The maximum absolute atomic E-state index is 5.82. The number of nitrogens with two attached hydrogens (primary N) is 1. The van der Waals surface area contributed by atoms with Gasteiger partial charge in [-0.2, -0.15) is 0 Å². The number of nitrogens with zero attached hydrogens (tertiary/aromatic N) is 1. The van der Waals surface area contributed by atoms with Crippen LogP contribution in [0.5, 0.6) is 17.4 Å². The van der Waals surface area contributed by atoms with Gasteiger partial charge in [-0.25, -0.2) is 4.98 Å². The molecule has 4 heteroatoms. The van der Waals surface area contributed by atoms with Crippen LogP contribution in [0.1, 0.15) is 37.9 Å². The van der Waals surface area contributed by atoms with E-state index in [4.69, 9.17) is 15.2 Å². The summed E-state index contributed by atoms with van der Waals surface area (Å²) in [4.78, 5) is 4.53. The van der Waals surface area contributed by atoms with Crippen molar-refractivity contribution < 1.29 is 9.47 Å². The molecule has 0 saturated heterocycles. The lowest BCUT2D eigenvalue weighted by atomic mass is 10.1. The first-order valence-electron chi connectivity index (χ1n) is 7.24. The highest BCUT2D eigenvalue weighted by molar-refractivity contribution is 5.35. The molecule has 0 radical (unpaired) electrons. The summed E-state index contributed by atoms with van der Waals surface area (Å²) in [5, 5.41) is 0. The fourth-order valence-electron chi connectivity index (χ4n) is 1.94. The van der Waals surface area contributed by atoms with Crippen molar-refractivity contribution in [2.45, 2.75) is 33.2 Å². The Hall–Kier alpha value is -2.07. The van der Waals surface area contributed by atoms with E-state index >= 15 is 0 Å². The van der Waals surface area contributed by atoms with Crippen molar-refractivity contribution in [3.8, 4) is 17.4 Å². The zero-order chi connectivity index (χ0) is 15.2. The molecule has 4 nitrogen and oxygen atoms in total. The van der Waals surface area contributed by atoms with Crippen LogP contribution >= 0.6 is 0 Å². The second kappa shape index (κ2) is 7.09. The molecule has 0 spiro atoms. The van der Waals surface area contributed by atoms with Crippen molar-refractivity contribution >= 4 is 0 Å². The van der Waals surface area contributed by atoms with E-state index in [1.807, 2.05) is 43.3 Å². The summed E-state index contributed by atoms with van der Waals surface area (Å²) in [6.07, 6.45) is 0. The lowest BCUT2D eigenvalue weighted by Crippen LogP contribution is -2.02. The van der Waals surface area contributed by atoms with Gasteiger partial charge in [-0.15, -0.1) is 0 Å². The van der Waals surface area contributed by atoms with Crippen LogP contribution in [0.3, 0.4) is 0 Å². The average molecular weight is 286 g/mol. The van der Waals surface area contributed by atoms with Crippen LogP contribution in [-0.2, 0) is 6.54 Å². The molecule has 0 fully saturated rings. The molecule has 21 heavy (non-hydrogen) atoms. The van der Waals surface area contributed by atoms with Crippen molar-refractivity contribution in [3.05, 3.63) is 47.7 Å². The van der Waals surface area contributed by atoms with E-state index in [9.17, 15) is 0 Å². The van der Waals surface area contributed by atoms with Crippen molar-refractivity contribution in [3.63, 3.8) is 0 Å². The molecule has 2 N–H and O–H groups in total. The van der Waals surface area contributed by atoms with Crippen molar-refractivity contribution in [2.75, 3.05) is 6.61 Å². The van der Waals surface area contributed by atoms with Gasteiger partial charge in [0.1, 0.15) is 11.5 Å². The molecule has 2 aromatic rings. The molecule has 0 amide bonds. The van der Waals surface area contributed by atoms with Crippen LogP contribution in [0.2, 0.25) is 0 Å². The number of benzene rings is 1. The van der Waals surface area contributed by atoms with Gasteiger partial charge in [0.05, 0.1) is 6.61 Å². The van der Waals surface area contributed by atoms with Gasteiger partial charge in [-0.3, -0.25) is 0 Å². The first kappa shape index (κ1) is 15.3. The maximum Gasteiger partial charge on any atom is 0.219 e. The molecule has 0 bridgehead atoms. The molecular formula is C17H22N2O2. The first-order chi connectivity index (χ1) is 10.1. The zero-order valence-electron chi connectivity index (χ0n) is 12.8. The van der Waals surface area contributed by atoms with Gasteiger partial charge in [-0.1, -0.05) is 13.8 Å². The van der Waals surface area contributed by atoms with Crippen molar-refractivity contribution in [1.29, 1.82) is 0 Å². The Balaban J connectivity index is 2.19. The SMILES string of the molecule is CCOc1ccc(Oc2cc(CN)cc(C(C)C)n2)cc1. The summed E-state index contributed by atoms with van der Waals surface area (Å²) < 4.78 is 11.2. The van der Waals surface area contributed by atoms with E-state index in [0.717, 1.165) is 22.8 Å². The highest BCUT2D eigenvalue weighted by Crippen LogP contribution is 2.25. The summed E-state index contributed by atoms with van der Waals surface area (Å²) in [5.41, 5.74) is 7.74. The van der Waals surface area contributed by atoms with Crippen LogP contribution in [0, 0.1) is 0 Å². The summed E-state index contributed by atoms with van der Waals surface area (Å²) in [5.74, 6) is 2.47. The molecule has 0 unspecified atom stereocenters. The second-order valence-corrected chi connectivity index (χ2v) is 5.10. The number of ether oxygens (including phenoxy) is 2. The standard InChI is InChI=1S/C17H22N2O2/c1-4-20-14-5-7-15(8-6-14)21-17-10-13(11-18)9-16(19-17)12(2)3/h5-10,12H,4,11,18H2,1-3H3. The number of hydrogen-bond acceptors (Lipinski definition) is 4. The van der Waals surface area contributed by atoms with E-state index in [2.05, 4.69) is 18.8 Å². The third-order valence-electron chi connectivity index (χ3n) is 3.07. The fraction of sp³-hybridized carbons (Fsp3) is 0.353. The molecule has 1 aromatic carbocycles. The van der Waals surface area contributed by atoms with E-state index in [1.165, 1.54) is 0 Å². The molecule has 112 valence electrons. The van der Waals surface area contributed by atoms with Gasteiger partial charge in [0.25, 0.3) is 0 Å². The molecular weight excluding hydrogens is 264 g/mol. The Morgan fingerprint density at radius 2 is 1.76 bits per heavy atom. The van der Waals surface area contributed by atoms with Crippen LogP contribution in [-0.4, -0.2) is 11.6 Å². The normalized spacial score (nSPS) is 10.7. The van der Waals surface area contributed by atoms with E-state index in [0.29, 0.717) is 24.9 Å². The Kier molecular flexibility index (Phi) is 5.17. The number of rotatable bonds is 6. The molecule has 0 atom stereocenters. The average Bonchev–Trinajstić information content (AvgIpc) is 2.49. The molecule has 1 heterocycles. The summed E-state index contributed by atoms with van der Waals surface area (Å²) >= 11 is 0. The fourth-order valence-corrected chi connectivity index (χ4v) is 1.94. The lowest BCUT2D eigenvalue weighted by molar-refractivity contribution is 0.339. The first-order valence-corrected chi connectivity index (χ1v) is 7.24. The minimum Gasteiger partial charge on any atom is -0.494 e. The van der Waals surface area contributed by atoms with Gasteiger partial charge in [0.15, 0.2) is 0 Å². The number of hydrogen-bond donors (Lipinski definition) is 1. The topological polar surface area (TPSA) is 57.4 Å². The number of aromatic nitrogens is 1. The molecule has 0 aliphatic heterocycles. The molecule has 0 saturated carbocycles. The predicted octanol–water partition coefficient (Wildman–Crippen LogP) is 3.85. The zero-order valence-corrected chi connectivity index (χ0v) is 12.8. The largest absolute Gasteiger partial charge is 0.494 e. The third-order valence-corrected chi connectivity index (χ3v) is 3.07. The smallest absolute Gasteiger partial charge is 0.219 e. The van der Waals surface area contributed by atoms with Gasteiger partial charge in [-0.05, 0) is 48.7 Å². The quantitative estimate of drug-likeness (QED) is 0.876. The lowest BCUT2D eigenvalue weighted by Gasteiger charge is -2.11. The Morgan fingerprint density at radius 1 is 1.10 bits per heavy atom. The molecule has 2 rings (SSSR count). The van der Waals surface area contributed by atoms with E-state index < -0.39 is 0 Å². The van der Waals surface area contributed by atoms with Crippen LogP contribution in [0.25, 0.3) is 0 Å². The monoisotopic (exact) mass is 286 g/mol. The maximum atomic E-state index is 5.82. The highest BCUT2D eigenvalue weighted by Gasteiger charge is 2.07. The second-order valence-electron chi connectivity index (χ2n) is 5.10. The Labute approximate surface area is 125 Å². The van der Waals surface area contributed by atoms with E-state index in [-0.39, 0.29) is 0 Å². The van der Waals surface area contributed by atoms with Gasteiger partial charge >= 0.3 is 0 Å². The van der Waals surface area contributed by atoms with Gasteiger partial charge < -0.3 is 15.2 Å². The van der Waals surface area contributed by atoms with Gasteiger partial charge in [0, 0.05) is 18.3 Å². The Bertz CT molecular complexity index is 580. The summed E-state index contributed by atoms with van der Waals surface area (Å²) in [7, 11) is 0. The third kappa shape index (κ3) is 4.20. The Morgan fingerprint density at radius 3 is 2.33 bits per heavy atom. The highest BCUT2D eigenvalue weighted by atomic mass is 16.5. The predicted molar refractivity (Wildman–Crippen MR) is 83.9 cm³/mol.